The van der Waals surface area contributed by atoms with Crippen LogP contribution in [0.3, 0.4) is 0 Å². The van der Waals surface area contributed by atoms with Gasteiger partial charge in [0, 0.05) is 18.3 Å². The molecule has 5 nitrogen and oxygen atoms in total. The molecule has 19 heavy (non-hydrogen) atoms. The Kier molecular flexibility index (Phi) is 6.48. The number of amides is 2. The molecule has 0 aromatic heterocycles. The Hall–Kier alpha value is -0.910. The molecule has 1 aliphatic rings. The SMILES string of the molecule is CCSCC(C)NC(=O)N1CCC(C)CC1C(=O)O. The third kappa shape index (κ3) is 4.93. The molecule has 110 valence electrons. The smallest absolute Gasteiger partial charge is 0.326 e. The van der Waals surface area contributed by atoms with Gasteiger partial charge in [-0.3, -0.25) is 0 Å². The van der Waals surface area contributed by atoms with E-state index in [1.807, 2.05) is 13.8 Å². The van der Waals surface area contributed by atoms with E-state index in [0.29, 0.717) is 18.9 Å². The van der Waals surface area contributed by atoms with Gasteiger partial charge < -0.3 is 15.3 Å². The van der Waals surface area contributed by atoms with E-state index < -0.39 is 12.0 Å². The monoisotopic (exact) mass is 288 g/mol. The van der Waals surface area contributed by atoms with Crippen molar-refractivity contribution in [3.8, 4) is 0 Å². The summed E-state index contributed by atoms with van der Waals surface area (Å²) in [4.78, 5) is 24.8. The van der Waals surface area contributed by atoms with E-state index in [1.165, 1.54) is 4.90 Å². The van der Waals surface area contributed by atoms with E-state index >= 15 is 0 Å². The van der Waals surface area contributed by atoms with Crippen LogP contribution in [-0.2, 0) is 4.79 Å². The van der Waals surface area contributed by atoms with Crippen molar-refractivity contribution < 1.29 is 14.7 Å². The minimum Gasteiger partial charge on any atom is -0.480 e. The van der Waals surface area contributed by atoms with Gasteiger partial charge in [0.2, 0.25) is 0 Å². The summed E-state index contributed by atoms with van der Waals surface area (Å²) < 4.78 is 0. The quantitative estimate of drug-likeness (QED) is 0.812. The highest BCUT2D eigenvalue weighted by Gasteiger charge is 2.34. The molecule has 0 saturated carbocycles. The Balaban J connectivity index is 2.56. The average Bonchev–Trinajstić information content (AvgIpc) is 2.35. The summed E-state index contributed by atoms with van der Waals surface area (Å²) in [5.74, 6) is 1.32. The minimum absolute atomic E-state index is 0.0613. The molecular weight excluding hydrogens is 264 g/mol. The topological polar surface area (TPSA) is 69.6 Å². The van der Waals surface area contributed by atoms with Gasteiger partial charge in [0.15, 0.2) is 0 Å². The van der Waals surface area contributed by atoms with Crippen LogP contribution in [0.1, 0.15) is 33.6 Å². The molecule has 0 bridgehead atoms. The second kappa shape index (κ2) is 7.62. The molecule has 0 aliphatic carbocycles. The van der Waals surface area contributed by atoms with Gasteiger partial charge >= 0.3 is 12.0 Å². The van der Waals surface area contributed by atoms with Crippen LogP contribution in [0.25, 0.3) is 0 Å². The maximum absolute atomic E-state index is 12.1. The summed E-state index contributed by atoms with van der Waals surface area (Å²) in [5, 5.41) is 12.1. The minimum atomic E-state index is -0.905. The number of thioether (sulfide) groups is 1. The fourth-order valence-corrected chi connectivity index (χ4v) is 2.92. The largest absolute Gasteiger partial charge is 0.480 e. The molecule has 0 aromatic rings. The first-order valence-corrected chi connectivity index (χ1v) is 7.98. The fraction of sp³-hybridized carbons (Fsp3) is 0.846. The van der Waals surface area contributed by atoms with Crippen LogP contribution in [-0.4, -0.2) is 52.1 Å². The zero-order valence-corrected chi connectivity index (χ0v) is 12.7. The summed E-state index contributed by atoms with van der Waals surface area (Å²) in [6.07, 6.45) is 1.41. The highest BCUT2D eigenvalue weighted by atomic mass is 32.2. The van der Waals surface area contributed by atoms with Crippen molar-refractivity contribution in [3.63, 3.8) is 0 Å². The molecule has 2 N–H and O–H groups in total. The number of nitrogens with one attached hydrogen (secondary N) is 1. The van der Waals surface area contributed by atoms with Crippen molar-refractivity contribution in [1.82, 2.24) is 10.2 Å². The number of urea groups is 1. The highest BCUT2D eigenvalue weighted by Crippen LogP contribution is 2.22. The molecule has 0 aromatic carbocycles. The lowest BCUT2D eigenvalue weighted by Crippen LogP contribution is -2.55. The zero-order valence-electron chi connectivity index (χ0n) is 11.9. The Bertz CT molecular complexity index is 325. The molecule has 0 radical (unpaired) electrons. The Morgan fingerprint density at radius 3 is 2.79 bits per heavy atom. The second-order valence-corrected chi connectivity index (χ2v) is 6.51. The molecular formula is C13H24N2O3S. The normalized spacial score (nSPS) is 24.9. The number of rotatable bonds is 5. The maximum Gasteiger partial charge on any atom is 0.326 e. The lowest BCUT2D eigenvalue weighted by molar-refractivity contribution is -0.143. The Morgan fingerprint density at radius 1 is 1.53 bits per heavy atom. The number of carboxylic acid groups (broad SMARTS) is 1. The van der Waals surface area contributed by atoms with Crippen molar-refractivity contribution in [2.75, 3.05) is 18.1 Å². The molecule has 1 aliphatic heterocycles. The number of carboxylic acids is 1. The van der Waals surface area contributed by atoms with Gasteiger partial charge in [-0.15, -0.1) is 0 Å². The summed E-state index contributed by atoms with van der Waals surface area (Å²) in [7, 11) is 0. The van der Waals surface area contributed by atoms with Crippen LogP contribution in [0, 0.1) is 5.92 Å². The Labute approximate surface area is 119 Å². The Morgan fingerprint density at radius 2 is 2.21 bits per heavy atom. The first-order chi connectivity index (χ1) is 8.95. The fourth-order valence-electron chi connectivity index (χ4n) is 2.25. The van der Waals surface area contributed by atoms with E-state index in [-0.39, 0.29) is 12.1 Å². The van der Waals surface area contributed by atoms with Gasteiger partial charge in [0.05, 0.1) is 0 Å². The number of piperidine rings is 1. The lowest BCUT2D eigenvalue weighted by atomic mass is 9.93. The van der Waals surface area contributed by atoms with E-state index in [1.54, 1.807) is 11.8 Å². The summed E-state index contributed by atoms with van der Waals surface area (Å²) >= 11 is 1.76. The number of likely N-dealkylation sites (tertiary alicyclic amines) is 1. The summed E-state index contributed by atoms with van der Waals surface area (Å²) in [6, 6.07) is -0.871. The molecule has 3 unspecified atom stereocenters. The van der Waals surface area contributed by atoms with Crippen LogP contribution in [0.2, 0.25) is 0 Å². The van der Waals surface area contributed by atoms with E-state index in [9.17, 15) is 14.7 Å². The molecule has 3 atom stereocenters. The first-order valence-electron chi connectivity index (χ1n) is 6.83. The number of aliphatic carboxylic acids is 1. The standard InChI is InChI=1S/C13H24N2O3S/c1-4-19-8-10(3)14-13(18)15-6-5-9(2)7-11(15)12(16)17/h9-11H,4-8H2,1-3H3,(H,14,18)(H,16,17). The van der Waals surface area contributed by atoms with Gasteiger partial charge in [-0.1, -0.05) is 13.8 Å². The predicted octanol–water partition coefficient (Wildman–Crippen LogP) is 2.02. The molecule has 6 heteroatoms. The van der Waals surface area contributed by atoms with Gasteiger partial charge in [0.1, 0.15) is 6.04 Å². The highest BCUT2D eigenvalue weighted by molar-refractivity contribution is 7.99. The van der Waals surface area contributed by atoms with Gasteiger partial charge in [-0.25, -0.2) is 9.59 Å². The van der Waals surface area contributed by atoms with E-state index in [4.69, 9.17) is 0 Å². The molecule has 1 saturated heterocycles. The number of carbonyl (C=O) groups excluding carboxylic acids is 1. The van der Waals surface area contributed by atoms with Gasteiger partial charge in [-0.05, 0) is 31.4 Å². The van der Waals surface area contributed by atoms with Crippen molar-refractivity contribution in [2.24, 2.45) is 5.92 Å². The summed E-state index contributed by atoms with van der Waals surface area (Å²) in [5.41, 5.74) is 0. The second-order valence-electron chi connectivity index (χ2n) is 5.19. The van der Waals surface area contributed by atoms with E-state index in [2.05, 4.69) is 12.2 Å². The van der Waals surface area contributed by atoms with Crippen molar-refractivity contribution in [3.05, 3.63) is 0 Å². The first kappa shape index (κ1) is 16.1. The molecule has 1 fully saturated rings. The van der Waals surface area contributed by atoms with Gasteiger partial charge in [-0.2, -0.15) is 11.8 Å². The molecule has 2 amide bonds. The van der Waals surface area contributed by atoms with E-state index in [0.717, 1.165) is 17.9 Å². The number of nitrogens with zero attached hydrogens (tertiary/aromatic N) is 1. The van der Waals surface area contributed by atoms with Crippen molar-refractivity contribution in [1.29, 1.82) is 0 Å². The summed E-state index contributed by atoms with van der Waals surface area (Å²) in [6.45, 7) is 6.58. The number of carbonyl (C=O) groups is 2. The van der Waals surface area contributed by atoms with Crippen LogP contribution >= 0.6 is 11.8 Å². The average molecular weight is 288 g/mol. The van der Waals surface area contributed by atoms with Crippen LogP contribution in [0.4, 0.5) is 4.79 Å². The predicted molar refractivity (Wildman–Crippen MR) is 77.5 cm³/mol. The number of hydrogen-bond acceptors (Lipinski definition) is 3. The molecule has 0 spiro atoms. The van der Waals surface area contributed by atoms with Crippen molar-refractivity contribution >= 4 is 23.8 Å². The third-order valence-corrected chi connectivity index (χ3v) is 4.50. The van der Waals surface area contributed by atoms with Crippen molar-refractivity contribution in [2.45, 2.75) is 45.7 Å². The van der Waals surface area contributed by atoms with Gasteiger partial charge in [0.25, 0.3) is 0 Å². The maximum atomic E-state index is 12.1. The zero-order chi connectivity index (χ0) is 14.4. The van der Waals surface area contributed by atoms with Crippen LogP contribution in [0.15, 0.2) is 0 Å². The van der Waals surface area contributed by atoms with Crippen LogP contribution in [0.5, 0.6) is 0 Å². The van der Waals surface area contributed by atoms with Crippen LogP contribution < -0.4 is 5.32 Å². The molecule has 1 heterocycles. The lowest BCUT2D eigenvalue weighted by Gasteiger charge is -2.36. The number of hydrogen-bond donors (Lipinski definition) is 2. The molecule has 1 rings (SSSR count). The third-order valence-electron chi connectivity index (χ3n) is 3.35.